The molecule has 0 amide bonds. The molecule has 0 aliphatic carbocycles. The van der Waals surface area contributed by atoms with Gasteiger partial charge in [0.25, 0.3) is 5.56 Å². The summed E-state index contributed by atoms with van der Waals surface area (Å²) in [6.45, 7) is 11.1. The van der Waals surface area contributed by atoms with E-state index in [1.807, 2.05) is 32.0 Å². The lowest BCUT2D eigenvalue weighted by Crippen LogP contribution is -2.32. The number of nitrogens with zero attached hydrogens (tertiary/aromatic N) is 4. The summed E-state index contributed by atoms with van der Waals surface area (Å²) >= 11 is 1.05. The fourth-order valence-electron chi connectivity index (χ4n) is 3.05. The highest BCUT2D eigenvalue weighted by Crippen LogP contribution is 2.11. The first-order valence-electron chi connectivity index (χ1n) is 11.9. The summed E-state index contributed by atoms with van der Waals surface area (Å²) in [7, 11) is 0. The molecule has 0 bridgehead atoms. The number of nitrogen functional groups attached to an aromatic ring is 1. The second kappa shape index (κ2) is 15.5. The lowest BCUT2D eigenvalue weighted by Gasteiger charge is -2.04. The van der Waals surface area contributed by atoms with Crippen LogP contribution in [0.15, 0.2) is 54.1 Å². The molecule has 0 atom stereocenters. The van der Waals surface area contributed by atoms with Crippen molar-refractivity contribution in [3.63, 3.8) is 0 Å². The predicted octanol–water partition coefficient (Wildman–Crippen LogP) is 2.11. The maximum atomic E-state index is 12.7. The number of carbonyl (C=O) groups excluding carboxylic acids is 1. The van der Waals surface area contributed by atoms with Gasteiger partial charge in [-0.25, -0.2) is 14.8 Å². The minimum absolute atomic E-state index is 0.0115. The Balaban J connectivity index is 0.000000423. The van der Waals surface area contributed by atoms with Crippen LogP contribution >= 0.6 is 11.3 Å². The molecule has 0 aliphatic heterocycles. The Labute approximate surface area is 225 Å². The average molecular weight is 537 g/mol. The number of esters is 1. The second-order valence-corrected chi connectivity index (χ2v) is 8.48. The molecule has 200 valence electrons. The number of thiazole rings is 1. The fourth-order valence-corrected chi connectivity index (χ4v) is 4.13. The van der Waals surface area contributed by atoms with Crippen molar-refractivity contribution in [1.82, 2.24) is 14.5 Å². The van der Waals surface area contributed by atoms with Crippen LogP contribution in [-0.2, 0) is 16.1 Å². The van der Waals surface area contributed by atoms with Gasteiger partial charge in [0.15, 0.2) is 5.57 Å². The lowest BCUT2D eigenvalue weighted by atomic mass is 10.3. The van der Waals surface area contributed by atoms with Crippen molar-refractivity contribution in [2.75, 3.05) is 41.4 Å². The third-order valence-corrected chi connectivity index (χ3v) is 5.85. The number of hydrogen-bond acceptors (Lipinski definition) is 11. The van der Waals surface area contributed by atoms with Gasteiger partial charge in [0, 0.05) is 61.7 Å². The summed E-state index contributed by atoms with van der Waals surface area (Å²) in [6, 6.07) is 9.00. The van der Waals surface area contributed by atoms with E-state index in [0.717, 1.165) is 41.6 Å². The van der Waals surface area contributed by atoms with Crippen LogP contribution in [0.4, 0.5) is 23.0 Å². The number of carbonyl (C=O) groups is 1. The molecule has 3 heterocycles. The van der Waals surface area contributed by atoms with Crippen molar-refractivity contribution in [3.8, 4) is 6.07 Å². The Morgan fingerprint density at radius 2 is 1.84 bits per heavy atom. The molecule has 3 aromatic rings. The van der Waals surface area contributed by atoms with E-state index in [4.69, 9.17) is 10.5 Å². The number of nitrogens with one attached hydrogen (secondary N) is 3. The van der Waals surface area contributed by atoms with E-state index in [1.54, 1.807) is 37.7 Å². The van der Waals surface area contributed by atoms with E-state index in [2.05, 4.69) is 32.5 Å². The average Bonchev–Trinajstić information content (AvgIpc) is 3.22. The Morgan fingerprint density at radius 3 is 2.42 bits per heavy atom. The molecule has 3 aromatic heterocycles. The molecule has 0 saturated carbocycles. The topological polar surface area (TPSA) is 160 Å². The summed E-state index contributed by atoms with van der Waals surface area (Å²) in [4.78, 5) is 33.0. The van der Waals surface area contributed by atoms with E-state index in [9.17, 15) is 14.9 Å². The molecular formula is C26H32N8O3S. The zero-order valence-electron chi connectivity index (χ0n) is 21.7. The van der Waals surface area contributed by atoms with Crippen LogP contribution in [0, 0.1) is 11.3 Å². The van der Waals surface area contributed by atoms with E-state index < -0.39 is 5.97 Å². The smallest absolute Gasteiger partial charge is 0.352 e. The van der Waals surface area contributed by atoms with Crippen molar-refractivity contribution < 1.29 is 9.53 Å². The molecule has 3 rings (SSSR count). The number of nitrogens with two attached hydrogens (primary N) is 1. The Hall–Kier alpha value is -4.63. The van der Waals surface area contributed by atoms with Gasteiger partial charge < -0.3 is 26.4 Å². The summed E-state index contributed by atoms with van der Waals surface area (Å²) in [5.41, 5.74) is 6.50. The van der Waals surface area contributed by atoms with Gasteiger partial charge in [-0.15, -0.1) is 11.3 Å². The molecule has 0 spiro atoms. The molecule has 38 heavy (non-hydrogen) atoms. The van der Waals surface area contributed by atoms with Crippen LogP contribution in [0.2, 0.25) is 0 Å². The first kappa shape index (κ1) is 29.6. The van der Waals surface area contributed by atoms with Gasteiger partial charge >= 0.3 is 5.97 Å². The van der Waals surface area contributed by atoms with Gasteiger partial charge in [-0.2, -0.15) is 5.26 Å². The Bertz CT molecular complexity index is 1460. The molecular weight excluding hydrogens is 504 g/mol. The lowest BCUT2D eigenvalue weighted by molar-refractivity contribution is -0.135. The normalized spacial score (nSPS) is 11.4. The van der Waals surface area contributed by atoms with Crippen LogP contribution < -0.4 is 36.4 Å². The number of rotatable bonds is 10. The fraction of sp³-hybridized carbons (Fsp3) is 0.269. The molecule has 0 fully saturated rings. The van der Waals surface area contributed by atoms with Crippen molar-refractivity contribution >= 4 is 52.1 Å². The zero-order chi connectivity index (χ0) is 27.9. The van der Waals surface area contributed by atoms with Gasteiger partial charge in [-0.3, -0.25) is 9.36 Å². The molecule has 0 aliphatic rings. The van der Waals surface area contributed by atoms with Crippen molar-refractivity contribution in [2.24, 2.45) is 0 Å². The molecule has 0 radical (unpaired) electrons. The maximum absolute atomic E-state index is 12.7. The third kappa shape index (κ3) is 8.49. The largest absolute Gasteiger partial charge is 0.457 e. The van der Waals surface area contributed by atoms with Crippen LogP contribution in [0.25, 0.3) is 11.8 Å². The standard InChI is InChI=1S/C19H21N5O3S.C7H11N3/c1-4-9-27-19(26)14(11-20)18-24(6-3)17(25)15(28-18)12-23-13-7-8-22-16(10-13)21-5-2;1-2-9-7-5-6(8)3-4-10-7/h4,7-8,10,12H,1,5-6,9H2,2-3H3,(H2,21,22,23);3-5H,2H2,1H3,(H3,8,9,10). The quantitative estimate of drug-likeness (QED) is 0.223. The van der Waals surface area contributed by atoms with E-state index >= 15 is 0 Å². The maximum Gasteiger partial charge on any atom is 0.352 e. The predicted molar refractivity (Wildman–Crippen MR) is 153 cm³/mol. The molecule has 0 aromatic carbocycles. The van der Waals surface area contributed by atoms with Crippen LogP contribution in [0.5, 0.6) is 0 Å². The van der Waals surface area contributed by atoms with E-state index in [-0.39, 0.29) is 22.4 Å². The van der Waals surface area contributed by atoms with Gasteiger partial charge in [0.1, 0.15) is 33.5 Å². The monoisotopic (exact) mass is 536 g/mol. The summed E-state index contributed by atoms with van der Waals surface area (Å²) < 4.78 is 6.95. The molecule has 0 saturated heterocycles. The SMILES string of the molecule is C=CCOC(=O)C(C#N)=c1sc(=CNc2ccnc(NCC)c2)c(=O)n1CC.CCNc1cc(N)ccn1. The number of hydrogen-bond donors (Lipinski definition) is 4. The van der Waals surface area contributed by atoms with Gasteiger partial charge in [-0.05, 0) is 32.9 Å². The van der Waals surface area contributed by atoms with Crippen molar-refractivity contribution in [3.05, 3.63) is 68.9 Å². The van der Waals surface area contributed by atoms with Gasteiger partial charge in [0.05, 0.1) is 0 Å². The summed E-state index contributed by atoms with van der Waals surface area (Å²) in [5, 5.41) is 18.6. The first-order chi connectivity index (χ1) is 18.4. The highest BCUT2D eigenvalue weighted by molar-refractivity contribution is 7.07. The van der Waals surface area contributed by atoms with Gasteiger partial charge in [0.2, 0.25) is 0 Å². The molecule has 12 heteroatoms. The summed E-state index contributed by atoms with van der Waals surface area (Å²) in [6.07, 6.45) is 6.30. The highest BCUT2D eigenvalue weighted by Gasteiger charge is 2.16. The Kier molecular flexibility index (Phi) is 12.1. The molecule has 11 nitrogen and oxygen atoms in total. The van der Waals surface area contributed by atoms with Gasteiger partial charge in [-0.1, -0.05) is 12.7 Å². The number of ether oxygens (including phenoxy) is 1. The number of nitriles is 1. The third-order valence-electron chi connectivity index (χ3n) is 4.72. The van der Waals surface area contributed by atoms with E-state index in [1.165, 1.54) is 10.6 Å². The molecule has 0 unspecified atom stereocenters. The Morgan fingerprint density at radius 1 is 1.18 bits per heavy atom. The minimum Gasteiger partial charge on any atom is -0.457 e. The minimum atomic E-state index is -0.783. The summed E-state index contributed by atoms with van der Waals surface area (Å²) in [5.74, 6) is 0.765. The number of pyridine rings is 2. The van der Waals surface area contributed by atoms with Crippen molar-refractivity contribution in [2.45, 2.75) is 27.3 Å². The van der Waals surface area contributed by atoms with E-state index in [0.29, 0.717) is 16.9 Å². The highest BCUT2D eigenvalue weighted by atomic mass is 32.1. The van der Waals surface area contributed by atoms with Crippen LogP contribution in [0.3, 0.4) is 0 Å². The van der Waals surface area contributed by atoms with Crippen molar-refractivity contribution in [1.29, 1.82) is 5.26 Å². The molecule has 5 N–H and O–H groups in total. The number of anilines is 4. The van der Waals surface area contributed by atoms with Crippen LogP contribution in [0.1, 0.15) is 20.8 Å². The number of aromatic nitrogens is 3. The second-order valence-electron chi connectivity index (χ2n) is 7.45. The zero-order valence-corrected chi connectivity index (χ0v) is 22.5. The first-order valence-corrected chi connectivity index (χ1v) is 12.7. The van der Waals surface area contributed by atoms with Crippen LogP contribution in [-0.4, -0.2) is 40.2 Å².